The van der Waals surface area contributed by atoms with Crippen molar-refractivity contribution in [3.8, 4) is 0 Å². The second kappa shape index (κ2) is 7.75. The van der Waals surface area contributed by atoms with Gasteiger partial charge in [0.2, 0.25) is 0 Å². The summed E-state index contributed by atoms with van der Waals surface area (Å²) in [5.74, 6) is 0. The van der Waals surface area contributed by atoms with Crippen molar-refractivity contribution in [1.82, 2.24) is 4.57 Å². The van der Waals surface area contributed by atoms with Crippen LogP contribution in [0, 0.1) is 6.92 Å². The third-order valence-electron chi connectivity index (χ3n) is 4.23. The molecule has 0 saturated carbocycles. The Labute approximate surface area is 157 Å². The molecule has 0 aliphatic carbocycles. The van der Waals surface area contributed by atoms with Crippen molar-refractivity contribution in [3.63, 3.8) is 0 Å². The molecule has 0 fully saturated rings. The van der Waals surface area contributed by atoms with Crippen molar-refractivity contribution >= 4 is 21.2 Å². The number of ether oxygens (including phenoxy) is 1. The van der Waals surface area contributed by atoms with Gasteiger partial charge in [-0.1, -0.05) is 23.8 Å². The van der Waals surface area contributed by atoms with Gasteiger partial charge in [0.25, 0.3) is 0 Å². The minimum atomic E-state index is -3.83. The van der Waals surface area contributed by atoms with Gasteiger partial charge < -0.3 is 14.4 Å². The number of aromatic nitrogens is 1. The molecule has 0 aliphatic heterocycles. The minimum Gasteiger partial charge on any atom is -0.386 e. The molecule has 2 heterocycles. The fourth-order valence-corrected chi connectivity index (χ4v) is 5.58. The summed E-state index contributed by atoms with van der Waals surface area (Å²) in [6.07, 6.45) is 0.573. The number of benzene rings is 1. The lowest BCUT2D eigenvalue weighted by atomic mass is 10.1. The molecule has 26 heavy (non-hydrogen) atoms. The molecule has 0 aliphatic rings. The van der Waals surface area contributed by atoms with Gasteiger partial charge in [-0.3, -0.25) is 0 Å². The predicted octanol–water partition coefficient (Wildman–Crippen LogP) is 3.71. The van der Waals surface area contributed by atoms with Crippen LogP contribution in [0.5, 0.6) is 0 Å². The summed E-state index contributed by atoms with van der Waals surface area (Å²) >= 11 is 1.33. The summed E-state index contributed by atoms with van der Waals surface area (Å²) < 4.78 is 33.7. The Morgan fingerprint density at radius 2 is 1.88 bits per heavy atom. The van der Waals surface area contributed by atoms with Crippen LogP contribution < -0.4 is 0 Å². The molecule has 2 unspecified atom stereocenters. The number of aliphatic hydroxyl groups is 1. The van der Waals surface area contributed by atoms with Crippen LogP contribution in [0.2, 0.25) is 0 Å². The first-order valence-electron chi connectivity index (χ1n) is 8.11. The number of sulfone groups is 1. The molecule has 1 N–H and O–H groups in total. The Hall–Kier alpha value is -1.93. The van der Waals surface area contributed by atoms with E-state index in [-0.39, 0.29) is 11.6 Å². The topological polar surface area (TPSA) is 68.5 Å². The first-order valence-corrected chi connectivity index (χ1v) is 10.5. The van der Waals surface area contributed by atoms with Gasteiger partial charge in [-0.2, -0.15) is 0 Å². The molecule has 138 valence electrons. The van der Waals surface area contributed by atoms with Crippen LogP contribution in [0.3, 0.4) is 0 Å². The zero-order valence-electron chi connectivity index (χ0n) is 14.6. The molecule has 0 saturated heterocycles. The van der Waals surface area contributed by atoms with E-state index in [0.29, 0.717) is 10.6 Å². The lowest BCUT2D eigenvalue weighted by Gasteiger charge is -2.24. The van der Waals surface area contributed by atoms with E-state index in [0.717, 1.165) is 5.56 Å². The van der Waals surface area contributed by atoms with Gasteiger partial charge in [-0.25, -0.2) is 8.42 Å². The van der Waals surface area contributed by atoms with Crippen LogP contribution in [0.4, 0.5) is 0 Å². The van der Waals surface area contributed by atoms with Crippen molar-refractivity contribution in [2.24, 2.45) is 0 Å². The Bertz CT molecular complexity index is 944. The normalized spacial score (nSPS) is 14.3. The highest BCUT2D eigenvalue weighted by atomic mass is 32.2. The Morgan fingerprint density at radius 1 is 1.15 bits per heavy atom. The predicted molar refractivity (Wildman–Crippen MR) is 102 cm³/mol. The van der Waals surface area contributed by atoms with E-state index in [4.69, 9.17) is 4.74 Å². The zero-order valence-corrected chi connectivity index (χ0v) is 16.2. The van der Waals surface area contributed by atoms with Gasteiger partial charge >= 0.3 is 0 Å². The van der Waals surface area contributed by atoms with Crippen LogP contribution in [0.1, 0.15) is 27.5 Å². The Balaban J connectivity index is 2.14. The quantitative estimate of drug-likeness (QED) is 0.667. The maximum absolute atomic E-state index is 13.4. The van der Waals surface area contributed by atoms with E-state index < -0.39 is 21.2 Å². The third-order valence-corrected chi connectivity index (χ3v) is 7.27. The largest absolute Gasteiger partial charge is 0.386 e. The molecule has 2 aromatic heterocycles. The van der Waals surface area contributed by atoms with Gasteiger partial charge in [0.05, 0.1) is 4.90 Å². The second-order valence-corrected chi connectivity index (χ2v) is 9.11. The van der Waals surface area contributed by atoms with Crippen molar-refractivity contribution in [2.45, 2.75) is 29.9 Å². The standard InChI is InChI=1S/C19H21NO4S2/c1-14-7-9-15(10-8-14)26(22,23)19(18(21)17-6-4-12-25-17)16-5-3-11-20(16)13-24-2/h3-12,18-19,21H,13H2,1-2H3. The maximum Gasteiger partial charge on any atom is 0.189 e. The van der Waals surface area contributed by atoms with Crippen molar-refractivity contribution < 1.29 is 18.3 Å². The lowest BCUT2D eigenvalue weighted by Crippen LogP contribution is -2.23. The summed E-state index contributed by atoms with van der Waals surface area (Å²) in [7, 11) is -2.28. The maximum atomic E-state index is 13.4. The van der Waals surface area contributed by atoms with Crippen LogP contribution in [0.25, 0.3) is 0 Å². The number of rotatable bonds is 7. The molecule has 3 aromatic rings. The van der Waals surface area contributed by atoms with Gasteiger partial charge in [0, 0.05) is 23.9 Å². The van der Waals surface area contributed by atoms with Crippen LogP contribution >= 0.6 is 11.3 Å². The zero-order chi connectivity index (χ0) is 18.7. The molecular formula is C19H21NO4S2. The van der Waals surface area contributed by atoms with E-state index in [1.54, 1.807) is 66.4 Å². The van der Waals surface area contributed by atoms with Gasteiger partial charge in [-0.05, 0) is 42.6 Å². The Morgan fingerprint density at radius 3 is 2.50 bits per heavy atom. The van der Waals surface area contributed by atoms with Crippen molar-refractivity contribution in [2.75, 3.05) is 7.11 Å². The molecule has 0 spiro atoms. The Kier molecular flexibility index (Phi) is 5.62. The van der Waals surface area contributed by atoms with E-state index >= 15 is 0 Å². The summed E-state index contributed by atoms with van der Waals surface area (Å²) in [6.45, 7) is 2.11. The van der Waals surface area contributed by atoms with E-state index in [9.17, 15) is 13.5 Å². The molecule has 7 heteroatoms. The lowest BCUT2D eigenvalue weighted by molar-refractivity contribution is 0.123. The highest BCUT2D eigenvalue weighted by Gasteiger charge is 2.38. The van der Waals surface area contributed by atoms with Crippen LogP contribution in [-0.4, -0.2) is 25.2 Å². The molecule has 3 rings (SSSR count). The van der Waals surface area contributed by atoms with Crippen LogP contribution in [0.15, 0.2) is 65.0 Å². The smallest absolute Gasteiger partial charge is 0.189 e. The molecule has 1 aromatic carbocycles. The highest BCUT2D eigenvalue weighted by molar-refractivity contribution is 7.91. The van der Waals surface area contributed by atoms with E-state index in [2.05, 4.69) is 0 Å². The molecular weight excluding hydrogens is 370 g/mol. The van der Waals surface area contributed by atoms with Crippen LogP contribution in [-0.2, 0) is 21.3 Å². The highest BCUT2D eigenvalue weighted by Crippen LogP contribution is 2.40. The molecule has 5 nitrogen and oxygen atoms in total. The van der Waals surface area contributed by atoms with Gasteiger partial charge in [0.1, 0.15) is 18.1 Å². The van der Waals surface area contributed by atoms with Gasteiger partial charge in [0.15, 0.2) is 9.84 Å². The SMILES string of the molecule is COCn1cccc1C(C(O)c1cccs1)S(=O)(=O)c1ccc(C)cc1. The number of hydrogen-bond donors (Lipinski definition) is 1. The van der Waals surface area contributed by atoms with Gasteiger partial charge in [-0.15, -0.1) is 11.3 Å². The first kappa shape index (κ1) is 18.8. The number of methoxy groups -OCH3 is 1. The van der Waals surface area contributed by atoms with Crippen molar-refractivity contribution in [3.05, 3.63) is 76.2 Å². The number of aryl methyl sites for hydroxylation is 1. The fourth-order valence-electron chi connectivity index (χ4n) is 2.92. The molecule has 0 radical (unpaired) electrons. The molecule has 0 amide bonds. The van der Waals surface area contributed by atoms with E-state index in [1.807, 2.05) is 12.3 Å². The first-order chi connectivity index (χ1) is 12.4. The fraction of sp³-hybridized carbons (Fsp3) is 0.263. The molecule has 2 atom stereocenters. The van der Waals surface area contributed by atoms with E-state index in [1.165, 1.54) is 11.3 Å². The average Bonchev–Trinajstić information content (AvgIpc) is 3.28. The number of nitrogens with zero attached hydrogens (tertiary/aromatic N) is 1. The summed E-state index contributed by atoms with van der Waals surface area (Å²) in [5, 5.41) is 11.7. The number of aliphatic hydroxyl groups excluding tert-OH is 1. The minimum absolute atomic E-state index is 0.189. The summed E-state index contributed by atoms with van der Waals surface area (Å²) in [6, 6.07) is 13.7. The number of thiophene rings is 1. The third kappa shape index (κ3) is 3.61. The monoisotopic (exact) mass is 391 g/mol. The summed E-state index contributed by atoms with van der Waals surface area (Å²) in [5.41, 5.74) is 1.47. The summed E-state index contributed by atoms with van der Waals surface area (Å²) in [4.78, 5) is 0.796. The average molecular weight is 392 g/mol. The van der Waals surface area contributed by atoms with Crippen molar-refractivity contribution in [1.29, 1.82) is 0 Å². The number of hydrogen-bond acceptors (Lipinski definition) is 5. The second-order valence-electron chi connectivity index (χ2n) is 6.06. The molecule has 0 bridgehead atoms.